The van der Waals surface area contributed by atoms with Crippen LogP contribution in [0.5, 0.6) is 0 Å². The van der Waals surface area contributed by atoms with Gasteiger partial charge in [0.15, 0.2) is 0 Å². The zero-order valence-electron chi connectivity index (χ0n) is 9.73. The van der Waals surface area contributed by atoms with Crippen molar-refractivity contribution in [2.24, 2.45) is 5.41 Å². The number of hydrogen-bond donors (Lipinski definition) is 1. The fourth-order valence-corrected chi connectivity index (χ4v) is 3.00. The van der Waals surface area contributed by atoms with Gasteiger partial charge >= 0.3 is 5.97 Å². The van der Waals surface area contributed by atoms with Gasteiger partial charge in [-0.15, -0.1) is 6.42 Å². The Balaban J connectivity index is 4.92. The van der Waals surface area contributed by atoms with Crippen molar-refractivity contribution in [3.63, 3.8) is 0 Å². The zero-order valence-corrected chi connectivity index (χ0v) is 10.5. The van der Waals surface area contributed by atoms with Gasteiger partial charge in [0, 0.05) is 0 Å². The molecule has 0 rings (SSSR count). The highest BCUT2D eigenvalue weighted by molar-refractivity contribution is 7.89. The van der Waals surface area contributed by atoms with Crippen LogP contribution in [-0.2, 0) is 14.8 Å². The SMILES string of the molecule is C#CCN(CC(=O)O)S(=O)(=O)CC(C)(C)C. The van der Waals surface area contributed by atoms with Crippen LogP contribution in [0, 0.1) is 17.8 Å². The molecular formula is C10H17NO4S. The Bertz CT molecular complexity index is 386. The fraction of sp³-hybridized carbons (Fsp3) is 0.700. The minimum Gasteiger partial charge on any atom is -0.480 e. The molecule has 0 saturated carbocycles. The molecule has 0 aliphatic rings. The molecule has 0 aromatic carbocycles. The van der Waals surface area contributed by atoms with E-state index in [1.165, 1.54) is 0 Å². The van der Waals surface area contributed by atoms with Crippen molar-refractivity contribution in [2.45, 2.75) is 20.8 Å². The quantitative estimate of drug-likeness (QED) is 0.713. The van der Waals surface area contributed by atoms with E-state index in [1.54, 1.807) is 20.8 Å². The van der Waals surface area contributed by atoms with Crippen LogP contribution in [0.1, 0.15) is 20.8 Å². The van der Waals surface area contributed by atoms with Gasteiger partial charge in [0.25, 0.3) is 0 Å². The van der Waals surface area contributed by atoms with Gasteiger partial charge in [-0.3, -0.25) is 4.79 Å². The third kappa shape index (κ3) is 5.73. The molecule has 6 heteroatoms. The van der Waals surface area contributed by atoms with Crippen LogP contribution in [0.25, 0.3) is 0 Å². The highest BCUT2D eigenvalue weighted by atomic mass is 32.2. The lowest BCUT2D eigenvalue weighted by atomic mass is 10.0. The van der Waals surface area contributed by atoms with Crippen molar-refractivity contribution in [1.29, 1.82) is 0 Å². The molecule has 16 heavy (non-hydrogen) atoms. The Labute approximate surface area is 96.5 Å². The number of sulfonamides is 1. The molecule has 0 radical (unpaired) electrons. The lowest BCUT2D eigenvalue weighted by molar-refractivity contribution is -0.137. The van der Waals surface area contributed by atoms with E-state index in [1.807, 2.05) is 0 Å². The number of carboxylic acid groups (broad SMARTS) is 1. The predicted molar refractivity (Wildman–Crippen MR) is 61.3 cm³/mol. The molecule has 92 valence electrons. The number of nitrogens with zero attached hydrogens (tertiary/aromatic N) is 1. The highest BCUT2D eigenvalue weighted by Crippen LogP contribution is 2.18. The third-order valence-corrected chi connectivity index (χ3v) is 3.86. The fourth-order valence-electron chi connectivity index (χ4n) is 1.14. The number of carbonyl (C=O) groups is 1. The summed E-state index contributed by atoms with van der Waals surface area (Å²) in [5, 5.41) is 8.60. The van der Waals surface area contributed by atoms with Crippen LogP contribution in [0.4, 0.5) is 0 Å². The monoisotopic (exact) mass is 247 g/mol. The molecule has 0 atom stereocenters. The first-order valence-electron chi connectivity index (χ1n) is 4.71. The maximum Gasteiger partial charge on any atom is 0.318 e. The predicted octanol–water partition coefficient (Wildman–Crippen LogP) is 0.382. The Morgan fingerprint density at radius 1 is 1.44 bits per heavy atom. The van der Waals surface area contributed by atoms with Crippen molar-refractivity contribution < 1.29 is 18.3 Å². The van der Waals surface area contributed by atoms with Crippen LogP contribution in [0.15, 0.2) is 0 Å². The van der Waals surface area contributed by atoms with Crippen LogP contribution in [-0.4, -0.2) is 42.6 Å². The lowest BCUT2D eigenvalue weighted by Gasteiger charge is -2.24. The molecule has 0 aromatic heterocycles. The zero-order chi connectivity index (χ0) is 13.0. The first-order chi connectivity index (χ1) is 7.08. The standard InChI is InChI=1S/C10H17NO4S/c1-5-6-11(7-9(12)13)16(14,15)8-10(2,3)4/h1H,6-8H2,2-4H3,(H,12,13). The first-order valence-corrected chi connectivity index (χ1v) is 6.32. The topological polar surface area (TPSA) is 74.7 Å². The van der Waals surface area contributed by atoms with Gasteiger partial charge in [-0.2, -0.15) is 4.31 Å². The summed E-state index contributed by atoms with van der Waals surface area (Å²) in [5.41, 5.74) is -0.440. The Morgan fingerprint density at radius 2 is 1.94 bits per heavy atom. The maximum atomic E-state index is 11.8. The molecular weight excluding hydrogens is 230 g/mol. The molecule has 0 fully saturated rings. The van der Waals surface area contributed by atoms with E-state index in [2.05, 4.69) is 5.92 Å². The third-order valence-electron chi connectivity index (χ3n) is 1.59. The summed E-state index contributed by atoms with van der Waals surface area (Å²) in [6.45, 7) is 4.48. The Hall–Kier alpha value is -1.06. The van der Waals surface area contributed by atoms with Gasteiger partial charge in [0.1, 0.15) is 6.54 Å². The lowest BCUT2D eigenvalue weighted by Crippen LogP contribution is -2.40. The number of carboxylic acids is 1. The van der Waals surface area contributed by atoms with Crippen LogP contribution in [0.2, 0.25) is 0 Å². The highest BCUT2D eigenvalue weighted by Gasteiger charge is 2.28. The maximum absolute atomic E-state index is 11.8. The summed E-state index contributed by atoms with van der Waals surface area (Å²) in [4.78, 5) is 10.5. The van der Waals surface area contributed by atoms with Crippen LogP contribution < -0.4 is 0 Å². The second-order valence-electron chi connectivity index (χ2n) is 4.68. The second kappa shape index (κ2) is 5.32. The Kier molecular flexibility index (Phi) is 4.97. The van der Waals surface area contributed by atoms with E-state index in [-0.39, 0.29) is 12.3 Å². The van der Waals surface area contributed by atoms with Crippen molar-refractivity contribution in [3.05, 3.63) is 0 Å². The molecule has 0 amide bonds. The minimum absolute atomic E-state index is 0.130. The van der Waals surface area contributed by atoms with Gasteiger partial charge in [-0.25, -0.2) is 8.42 Å². The second-order valence-corrected chi connectivity index (χ2v) is 6.65. The molecule has 1 N–H and O–H groups in total. The smallest absolute Gasteiger partial charge is 0.318 e. The summed E-state index contributed by atoms with van der Waals surface area (Å²) in [5.74, 6) is 0.803. The Morgan fingerprint density at radius 3 is 2.25 bits per heavy atom. The molecule has 0 aliphatic carbocycles. The average Bonchev–Trinajstić information content (AvgIpc) is 1.97. The molecule has 0 heterocycles. The van der Waals surface area contributed by atoms with Gasteiger partial charge in [0.05, 0.1) is 12.3 Å². The van der Waals surface area contributed by atoms with E-state index in [0.29, 0.717) is 0 Å². The van der Waals surface area contributed by atoms with Gasteiger partial charge < -0.3 is 5.11 Å². The summed E-state index contributed by atoms with van der Waals surface area (Å²) in [7, 11) is -3.63. The summed E-state index contributed by atoms with van der Waals surface area (Å²) >= 11 is 0. The molecule has 0 aliphatic heterocycles. The number of terminal acetylenes is 1. The molecule has 0 bridgehead atoms. The molecule has 0 spiro atoms. The summed E-state index contributed by atoms with van der Waals surface area (Å²) in [6, 6.07) is 0. The minimum atomic E-state index is -3.63. The van der Waals surface area contributed by atoms with Crippen molar-refractivity contribution in [3.8, 4) is 12.3 Å². The number of aliphatic carboxylic acids is 1. The van der Waals surface area contributed by atoms with Crippen LogP contribution in [0.3, 0.4) is 0 Å². The normalized spacial score (nSPS) is 12.4. The van der Waals surface area contributed by atoms with E-state index in [9.17, 15) is 13.2 Å². The summed E-state index contributed by atoms with van der Waals surface area (Å²) in [6.07, 6.45) is 5.02. The molecule has 0 unspecified atom stereocenters. The van der Waals surface area contributed by atoms with E-state index >= 15 is 0 Å². The van der Waals surface area contributed by atoms with Crippen LogP contribution >= 0.6 is 0 Å². The van der Waals surface area contributed by atoms with E-state index in [4.69, 9.17) is 11.5 Å². The number of rotatable bonds is 5. The number of hydrogen-bond acceptors (Lipinski definition) is 3. The largest absolute Gasteiger partial charge is 0.480 e. The molecule has 5 nitrogen and oxygen atoms in total. The van der Waals surface area contributed by atoms with Gasteiger partial charge in [0.2, 0.25) is 10.0 Å². The average molecular weight is 247 g/mol. The molecule has 0 aromatic rings. The van der Waals surface area contributed by atoms with E-state index < -0.39 is 28.0 Å². The summed E-state index contributed by atoms with van der Waals surface area (Å²) < 4.78 is 24.5. The van der Waals surface area contributed by atoms with Gasteiger partial charge in [-0.1, -0.05) is 26.7 Å². The van der Waals surface area contributed by atoms with Crippen molar-refractivity contribution in [2.75, 3.05) is 18.8 Å². The van der Waals surface area contributed by atoms with Crippen molar-refractivity contribution >= 4 is 16.0 Å². The first kappa shape index (κ1) is 14.9. The van der Waals surface area contributed by atoms with Crippen molar-refractivity contribution in [1.82, 2.24) is 4.31 Å². The van der Waals surface area contributed by atoms with Gasteiger partial charge in [-0.05, 0) is 5.41 Å². The molecule has 0 saturated heterocycles. The van der Waals surface area contributed by atoms with E-state index in [0.717, 1.165) is 4.31 Å².